The van der Waals surface area contributed by atoms with Crippen molar-refractivity contribution in [3.63, 3.8) is 0 Å². The number of benzene rings is 1. The van der Waals surface area contributed by atoms with E-state index < -0.39 is 18.0 Å². The molecule has 0 saturated heterocycles. The topological polar surface area (TPSA) is 98.7 Å². The van der Waals surface area contributed by atoms with Crippen molar-refractivity contribution in [2.75, 3.05) is 16.8 Å². The summed E-state index contributed by atoms with van der Waals surface area (Å²) in [7, 11) is 0. The van der Waals surface area contributed by atoms with E-state index in [2.05, 4.69) is 10.6 Å². The minimum Gasteiger partial charge on any atom is -0.480 e. The molecule has 3 N–H and O–H groups in total. The maximum Gasteiger partial charge on any atom is 0.325 e. The zero-order valence-corrected chi connectivity index (χ0v) is 10.2. The second-order valence-electron chi connectivity index (χ2n) is 4.16. The van der Waals surface area contributed by atoms with Crippen LogP contribution in [0.25, 0.3) is 0 Å². The van der Waals surface area contributed by atoms with Crippen molar-refractivity contribution in [3.8, 4) is 0 Å². The summed E-state index contributed by atoms with van der Waals surface area (Å²) in [5, 5.41) is 13.7. The van der Waals surface area contributed by atoms with Gasteiger partial charge in [0.2, 0.25) is 5.91 Å². The number of nitrogens with one attached hydrogen (secondary N) is 2. The average molecular weight is 263 g/mol. The van der Waals surface area contributed by atoms with Crippen LogP contribution in [0.5, 0.6) is 0 Å². The van der Waals surface area contributed by atoms with Crippen LogP contribution in [-0.2, 0) is 9.59 Å². The molecule has 0 radical (unpaired) electrons. The quantitative estimate of drug-likeness (QED) is 0.728. The summed E-state index contributed by atoms with van der Waals surface area (Å²) < 4.78 is 0. The van der Waals surface area contributed by atoms with E-state index in [1.807, 2.05) is 0 Å². The van der Waals surface area contributed by atoms with Gasteiger partial charge in [0.1, 0.15) is 12.6 Å². The highest BCUT2D eigenvalue weighted by Crippen LogP contribution is 2.28. The first-order chi connectivity index (χ1) is 8.99. The summed E-state index contributed by atoms with van der Waals surface area (Å²) in [5.74, 6) is -1.46. The lowest BCUT2D eigenvalue weighted by Crippen LogP contribution is -2.51. The van der Waals surface area contributed by atoms with E-state index in [9.17, 15) is 14.4 Å². The molecule has 0 spiro atoms. The number of hydrogen-bond acceptors (Lipinski definition) is 3. The lowest BCUT2D eigenvalue weighted by atomic mass is 10.2. The minimum absolute atomic E-state index is 0.144. The molecule has 1 aromatic carbocycles. The normalized spacial score (nSPS) is 15.2. The molecule has 7 nitrogen and oxygen atoms in total. The molecule has 7 heteroatoms. The van der Waals surface area contributed by atoms with Gasteiger partial charge in [-0.1, -0.05) is 12.1 Å². The number of anilines is 2. The molecule has 0 fully saturated rings. The van der Waals surface area contributed by atoms with Gasteiger partial charge in [0.05, 0.1) is 11.4 Å². The molecule has 1 atom stereocenters. The van der Waals surface area contributed by atoms with Gasteiger partial charge in [-0.3, -0.25) is 14.5 Å². The van der Waals surface area contributed by atoms with Crippen LogP contribution in [0.3, 0.4) is 0 Å². The Morgan fingerprint density at radius 3 is 2.79 bits per heavy atom. The van der Waals surface area contributed by atoms with Crippen LogP contribution in [-0.4, -0.2) is 35.6 Å². The molecule has 3 amide bonds. The molecule has 0 unspecified atom stereocenters. The number of urea groups is 1. The molecule has 0 aromatic heterocycles. The van der Waals surface area contributed by atoms with Crippen molar-refractivity contribution in [3.05, 3.63) is 24.3 Å². The molecular weight excluding hydrogens is 250 g/mol. The number of carboxylic acids is 1. The molecule has 1 aliphatic heterocycles. The molecule has 0 bridgehead atoms. The standard InChI is InChI=1S/C12H13N3O4/c1-7(11(17)18)13-12(19)15-6-10(16)14-8-4-2-3-5-9(8)15/h2-5,7H,6H2,1H3,(H,13,19)(H,14,16)(H,17,18)/t7-/m1/s1. The maximum absolute atomic E-state index is 12.0. The van der Waals surface area contributed by atoms with Crippen LogP contribution >= 0.6 is 0 Å². The second-order valence-corrected chi connectivity index (χ2v) is 4.16. The monoisotopic (exact) mass is 263 g/mol. The summed E-state index contributed by atoms with van der Waals surface area (Å²) in [6.07, 6.45) is 0. The van der Waals surface area contributed by atoms with Gasteiger partial charge >= 0.3 is 12.0 Å². The second kappa shape index (κ2) is 4.97. The summed E-state index contributed by atoms with van der Waals surface area (Å²) >= 11 is 0. The summed E-state index contributed by atoms with van der Waals surface area (Å²) in [6.45, 7) is 1.21. The van der Waals surface area contributed by atoms with Crippen LogP contribution in [0, 0.1) is 0 Å². The van der Waals surface area contributed by atoms with Crippen LogP contribution in [0.2, 0.25) is 0 Å². The number of carbonyl (C=O) groups excluding carboxylic acids is 2. The predicted molar refractivity (Wildman–Crippen MR) is 68.0 cm³/mol. The van der Waals surface area contributed by atoms with E-state index in [-0.39, 0.29) is 12.5 Å². The number of aliphatic carboxylic acids is 1. The number of carboxylic acid groups (broad SMARTS) is 1. The Kier molecular flexibility index (Phi) is 3.37. The Hall–Kier alpha value is -2.57. The number of nitrogens with zero attached hydrogens (tertiary/aromatic N) is 1. The number of para-hydroxylation sites is 2. The first-order valence-corrected chi connectivity index (χ1v) is 5.69. The largest absolute Gasteiger partial charge is 0.480 e. The highest BCUT2D eigenvalue weighted by molar-refractivity contribution is 6.09. The van der Waals surface area contributed by atoms with E-state index in [0.717, 1.165) is 0 Å². The predicted octanol–water partition coefficient (Wildman–Crippen LogP) is 0.628. The van der Waals surface area contributed by atoms with Crippen molar-refractivity contribution in [2.24, 2.45) is 0 Å². The van der Waals surface area contributed by atoms with Gasteiger partial charge in [0.15, 0.2) is 0 Å². The van der Waals surface area contributed by atoms with Gasteiger partial charge < -0.3 is 15.7 Å². The first-order valence-electron chi connectivity index (χ1n) is 5.69. The van der Waals surface area contributed by atoms with Crippen LogP contribution in [0.15, 0.2) is 24.3 Å². The zero-order chi connectivity index (χ0) is 14.0. The van der Waals surface area contributed by atoms with Crippen molar-refractivity contribution in [1.29, 1.82) is 0 Å². The number of hydrogen-bond donors (Lipinski definition) is 3. The van der Waals surface area contributed by atoms with Crippen LogP contribution in [0.1, 0.15) is 6.92 Å². The zero-order valence-electron chi connectivity index (χ0n) is 10.2. The van der Waals surface area contributed by atoms with Gasteiger partial charge in [0, 0.05) is 0 Å². The Morgan fingerprint density at radius 1 is 1.42 bits per heavy atom. The fourth-order valence-corrected chi connectivity index (χ4v) is 1.74. The van der Waals surface area contributed by atoms with E-state index in [1.54, 1.807) is 24.3 Å². The minimum atomic E-state index is -1.14. The highest BCUT2D eigenvalue weighted by atomic mass is 16.4. The number of carbonyl (C=O) groups is 3. The molecule has 0 aliphatic carbocycles. The van der Waals surface area contributed by atoms with Gasteiger partial charge in [-0.15, -0.1) is 0 Å². The lowest BCUT2D eigenvalue weighted by Gasteiger charge is -2.29. The van der Waals surface area contributed by atoms with Gasteiger partial charge in [-0.25, -0.2) is 4.79 Å². The molecule has 100 valence electrons. The maximum atomic E-state index is 12.0. The third kappa shape index (κ3) is 2.65. The Balaban J connectivity index is 2.23. The van der Waals surface area contributed by atoms with Gasteiger partial charge in [-0.2, -0.15) is 0 Å². The molecule has 2 rings (SSSR count). The van der Waals surface area contributed by atoms with Crippen molar-refractivity contribution < 1.29 is 19.5 Å². The Bertz CT molecular complexity index is 544. The SMILES string of the molecule is C[C@@H](NC(=O)N1CC(=O)Nc2ccccc21)C(=O)O. The van der Waals surface area contributed by atoms with E-state index in [0.29, 0.717) is 11.4 Å². The van der Waals surface area contributed by atoms with E-state index in [1.165, 1.54) is 11.8 Å². The molecule has 19 heavy (non-hydrogen) atoms. The molecule has 1 aliphatic rings. The Morgan fingerprint density at radius 2 is 2.11 bits per heavy atom. The molecule has 1 heterocycles. The smallest absolute Gasteiger partial charge is 0.325 e. The number of rotatable bonds is 2. The highest BCUT2D eigenvalue weighted by Gasteiger charge is 2.28. The van der Waals surface area contributed by atoms with E-state index in [4.69, 9.17) is 5.11 Å². The molecule has 0 saturated carbocycles. The van der Waals surface area contributed by atoms with Gasteiger partial charge in [0.25, 0.3) is 0 Å². The van der Waals surface area contributed by atoms with Crippen molar-refractivity contribution >= 4 is 29.3 Å². The van der Waals surface area contributed by atoms with Crippen LogP contribution < -0.4 is 15.5 Å². The average Bonchev–Trinajstić information content (AvgIpc) is 2.37. The van der Waals surface area contributed by atoms with E-state index >= 15 is 0 Å². The summed E-state index contributed by atoms with van der Waals surface area (Å²) in [4.78, 5) is 35.4. The fourth-order valence-electron chi connectivity index (χ4n) is 1.74. The van der Waals surface area contributed by atoms with Crippen molar-refractivity contribution in [1.82, 2.24) is 5.32 Å². The van der Waals surface area contributed by atoms with Crippen LogP contribution in [0.4, 0.5) is 16.2 Å². The third-order valence-corrected chi connectivity index (χ3v) is 2.73. The number of fused-ring (bicyclic) bond motifs is 1. The molecule has 1 aromatic rings. The van der Waals surface area contributed by atoms with Crippen molar-refractivity contribution in [2.45, 2.75) is 13.0 Å². The fraction of sp³-hybridized carbons (Fsp3) is 0.250. The summed E-state index contributed by atoms with van der Waals surface area (Å²) in [6, 6.07) is 5.19. The lowest BCUT2D eigenvalue weighted by molar-refractivity contribution is -0.138. The Labute approximate surface area is 109 Å². The first kappa shape index (κ1) is 12.9. The van der Waals surface area contributed by atoms with Gasteiger partial charge in [-0.05, 0) is 19.1 Å². The summed E-state index contributed by atoms with van der Waals surface area (Å²) in [5.41, 5.74) is 1.06. The molecular formula is C12H13N3O4. The third-order valence-electron chi connectivity index (χ3n) is 2.73. The number of amides is 3.